The van der Waals surface area contributed by atoms with Gasteiger partial charge in [0.25, 0.3) is 0 Å². The van der Waals surface area contributed by atoms with Crippen LogP contribution in [0.2, 0.25) is 0 Å². The molecule has 0 saturated carbocycles. The third-order valence-corrected chi connectivity index (χ3v) is 1.88. The Morgan fingerprint density at radius 2 is 2.23 bits per heavy atom. The van der Waals surface area contributed by atoms with Crippen molar-refractivity contribution >= 4 is 5.69 Å². The maximum Gasteiger partial charge on any atom is 0.128 e. The Morgan fingerprint density at radius 1 is 1.54 bits per heavy atom. The third-order valence-electron chi connectivity index (χ3n) is 1.88. The summed E-state index contributed by atoms with van der Waals surface area (Å²) in [6, 6.07) is 5.10. The number of nitrogens with one attached hydrogen (secondary N) is 1. The van der Waals surface area contributed by atoms with Gasteiger partial charge < -0.3 is 11.1 Å². The van der Waals surface area contributed by atoms with Gasteiger partial charge in [0.2, 0.25) is 0 Å². The fraction of sp³-hybridized carbons (Fsp3) is 0.400. The summed E-state index contributed by atoms with van der Waals surface area (Å²) in [6.45, 7) is 1.87. The Balaban J connectivity index is 2.85. The van der Waals surface area contributed by atoms with Gasteiger partial charge in [-0.05, 0) is 31.0 Å². The van der Waals surface area contributed by atoms with Crippen molar-refractivity contribution in [3.63, 3.8) is 0 Å². The second-order valence-electron chi connectivity index (χ2n) is 3.24. The molecule has 2 nitrogen and oxygen atoms in total. The minimum absolute atomic E-state index is 0.00469. The first-order valence-electron chi connectivity index (χ1n) is 4.35. The Labute approximate surface area is 77.9 Å². The minimum atomic E-state index is -0.191. The van der Waals surface area contributed by atoms with Gasteiger partial charge in [0.05, 0.1) is 0 Å². The predicted octanol–water partition coefficient (Wildman–Crippen LogP) is 1.76. The number of anilines is 1. The molecule has 0 fully saturated rings. The average molecular weight is 182 g/mol. The number of halogens is 1. The molecule has 3 heteroatoms. The molecule has 1 aromatic rings. The maximum absolute atomic E-state index is 13.3. The first kappa shape index (κ1) is 9.99. The fourth-order valence-corrected chi connectivity index (χ4v) is 1.22. The van der Waals surface area contributed by atoms with E-state index in [1.807, 2.05) is 13.0 Å². The molecule has 3 N–H and O–H groups in total. The highest BCUT2D eigenvalue weighted by Gasteiger charge is 2.04. The van der Waals surface area contributed by atoms with E-state index in [1.54, 1.807) is 13.1 Å². The largest absolute Gasteiger partial charge is 0.388 e. The lowest BCUT2D eigenvalue weighted by Gasteiger charge is -2.07. The highest BCUT2D eigenvalue weighted by molar-refractivity contribution is 5.44. The van der Waals surface area contributed by atoms with Crippen LogP contribution in [0.4, 0.5) is 10.1 Å². The van der Waals surface area contributed by atoms with Crippen LogP contribution in [0.25, 0.3) is 0 Å². The van der Waals surface area contributed by atoms with E-state index in [9.17, 15) is 4.39 Å². The molecule has 0 bridgehead atoms. The van der Waals surface area contributed by atoms with Gasteiger partial charge in [-0.3, -0.25) is 0 Å². The molecule has 72 valence electrons. The van der Waals surface area contributed by atoms with Crippen molar-refractivity contribution in [3.05, 3.63) is 29.6 Å². The van der Waals surface area contributed by atoms with Crippen molar-refractivity contribution in [2.75, 3.05) is 12.4 Å². The first-order chi connectivity index (χ1) is 6.13. The molecule has 0 aliphatic rings. The lowest BCUT2D eigenvalue weighted by molar-refractivity contribution is 0.596. The molecular weight excluding hydrogens is 167 g/mol. The van der Waals surface area contributed by atoms with Crippen molar-refractivity contribution in [1.82, 2.24) is 0 Å². The standard InChI is InChI=1S/C10H15FN2/c1-7(12)5-8-3-4-9(13-2)6-10(8)11/h3-4,6-7,13H,5,12H2,1-2H3. The van der Waals surface area contributed by atoms with E-state index in [1.165, 1.54) is 6.07 Å². The van der Waals surface area contributed by atoms with Gasteiger partial charge in [-0.2, -0.15) is 0 Å². The van der Waals surface area contributed by atoms with Crippen LogP contribution < -0.4 is 11.1 Å². The topological polar surface area (TPSA) is 38.0 Å². The van der Waals surface area contributed by atoms with E-state index >= 15 is 0 Å². The van der Waals surface area contributed by atoms with Crippen molar-refractivity contribution in [2.24, 2.45) is 5.73 Å². The molecule has 1 rings (SSSR count). The highest BCUT2D eigenvalue weighted by atomic mass is 19.1. The van der Waals surface area contributed by atoms with Gasteiger partial charge in [0, 0.05) is 18.8 Å². The van der Waals surface area contributed by atoms with Crippen molar-refractivity contribution in [1.29, 1.82) is 0 Å². The quantitative estimate of drug-likeness (QED) is 0.747. The van der Waals surface area contributed by atoms with Crippen molar-refractivity contribution in [3.8, 4) is 0 Å². The Hall–Kier alpha value is -1.09. The van der Waals surface area contributed by atoms with Gasteiger partial charge in [-0.25, -0.2) is 4.39 Å². The molecule has 0 aliphatic carbocycles. The van der Waals surface area contributed by atoms with Gasteiger partial charge in [-0.1, -0.05) is 6.07 Å². The summed E-state index contributed by atoms with van der Waals surface area (Å²) in [5.41, 5.74) is 7.04. The molecule has 0 aliphatic heterocycles. The molecule has 13 heavy (non-hydrogen) atoms. The number of hydrogen-bond donors (Lipinski definition) is 2. The van der Waals surface area contributed by atoms with Crippen molar-refractivity contribution < 1.29 is 4.39 Å². The zero-order valence-electron chi connectivity index (χ0n) is 7.97. The summed E-state index contributed by atoms with van der Waals surface area (Å²) in [5, 5.41) is 2.88. The molecule has 0 heterocycles. The number of nitrogens with two attached hydrogens (primary N) is 1. The Bertz CT molecular complexity index is 284. The normalized spacial score (nSPS) is 12.6. The summed E-state index contributed by atoms with van der Waals surface area (Å²) >= 11 is 0. The molecule has 0 saturated heterocycles. The Kier molecular flexibility index (Phi) is 3.25. The fourth-order valence-electron chi connectivity index (χ4n) is 1.22. The molecule has 0 amide bonds. The van der Waals surface area contributed by atoms with Crippen LogP contribution in [0.15, 0.2) is 18.2 Å². The molecule has 1 atom stereocenters. The second-order valence-corrected chi connectivity index (χ2v) is 3.24. The molecule has 0 radical (unpaired) electrons. The van der Waals surface area contributed by atoms with Crippen LogP contribution in [0.1, 0.15) is 12.5 Å². The average Bonchev–Trinajstić information content (AvgIpc) is 2.08. The van der Waals surface area contributed by atoms with Gasteiger partial charge in [0.1, 0.15) is 5.82 Å². The molecule has 1 unspecified atom stereocenters. The maximum atomic E-state index is 13.3. The summed E-state index contributed by atoms with van der Waals surface area (Å²) in [5.74, 6) is -0.191. The van der Waals surface area contributed by atoms with Crippen LogP contribution >= 0.6 is 0 Å². The monoisotopic (exact) mass is 182 g/mol. The summed E-state index contributed by atoms with van der Waals surface area (Å²) < 4.78 is 13.3. The van der Waals surface area contributed by atoms with E-state index in [2.05, 4.69) is 5.32 Å². The van der Waals surface area contributed by atoms with E-state index in [0.29, 0.717) is 12.0 Å². The summed E-state index contributed by atoms with van der Waals surface area (Å²) in [4.78, 5) is 0. The first-order valence-corrected chi connectivity index (χ1v) is 4.35. The van der Waals surface area contributed by atoms with E-state index < -0.39 is 0 Å². The SMILES string of the molecule is CNc1ccc(CC(C)N)c(F)c1. The lowest BCUT2D eigenvalue weighted by atomic mass is 10.1. The van der Waals surface area contributed by atoms with Crippen LogP contribution in [-0.4, -0.2) is 13.1 Å². The van der Waals surface area contributed by atoms with Gasteiger partial charge in [-0.15, -0.1) is 0 Å². The molecule has 0 spiro atoms. The summed E-state index contributed by atoms with van der Waals surface area (Å²) in [6.07, 6.45) is 0.579. The highest BCUT2D eigenvalue weighted by Crippen LogP contribution is 2.14. The van der Waals surface area contributed by atoms with Gasteiger partial charge >= 0.3 is 0 Å². The third kappa shape index (κ3) is 2.70. The van der Waals surface area contributed by atoms with E-state index in [4.69, 9.17) is 5.73 Å². The molecular formula is C10H15FN2. The number of benzene rings is 1. The zero-order chi connectivity index (χ0) is 9.84. The van der Waals surface area contributed by atoms with Crippen LogP contribution in [-0.2, 0) is 6.42 Å². The lowest BCUT2D eigenvalue weighted by Crippen LogP contribution is -2.18. The predicted molar refractivity (Wildman–Crippen MR) is 53.3 cm³/mol. The Morgan fingerprint density at radius 3 is 2.69 bits per heavy atom. The van der Waals surface area contributed by atoms with Crippen molar-refractivity contribution in [2.45, 2.75) is 19.4 Å². The van der Waals surface area contributed by atoms with Crippen LogP contribution in [0, 0.1) is 5.82 Å². The number of rotatable bonds is 3. The second kappa shape index (κ2) is 4.23. The van der Waals surface area contributed by atoms with Crippen LogP contribution in [0.3, 0.4) is 0 Å². The minimum Gasteiger partial charge on any atom is -0.388 e. The van der Waals surface area contributed by atoms with Gasteiger partial charge in [0.15, 0.2) is 0 Å². The molecule has 0 aromatic heterocycles. The van der Waals surface area contributed by atoms with E-state index in [0.717, 1.165) is 5.69 Å². The zero-order valence-corrected chi connectivity index (χ0v) is 7.97. The number of hydrogen-bond acceptors (Lipinski definition) is 2. The summed E-state index contributed by atoms with van der Waals surface area (Å²) in [7, 11) is 1.76. The smallest absolute Gasteiger partial charge is 0.128 e. The van der Waals surface area contributed by atoms with E-state index in [-0.39, 0.29) is 11.9 Å². The van der Waals surface area contributed by atoms with Crippen LogP contribution in [0.5, 0.6) is 0 Å². The molecule has 1 aromatic carbocycles.